The molecule has 3 heterocycles. The molecule has 12 heteroatoms. The van der Waals surface area contributed by atoms with Crippen LogP contribution in [0.2, 0.25) is 0 Å². The molecule has 0 spiro atoms. The van der Waals surface area contributed by atoms with Crippen molar-refractivity contribution in [2.45, 2.75) is 37.3 Å². The number of carboxylic acids is 1. The number of aliphatic carboxylic acids is 1. The summed E-state index contributed by atoms with van der Waals surface area (Å²) in [6, 6.07) is -0.886. The van der Waals surface area contributed by atoms with Crippen LogP contribution < -0.4 is 11.5 Å². The maximum atomic E-state index is 13.4. The number of aromatic nitrogens is 4. The Balaban J connectivity index is 1.62. The van der Waals surface area contributed by atoms with Crippen LogP contribution >= 0.6 is 11.8 Å². The number of aliphatic hydroxyl groups is 1. The first-order valence-corrected chi connectivity index (χ1v) is 9.07. The van der Waals surface area contributed by atoms with E-state index in [2.05, 4.69) is 15.0 Å². The molecule has 2 aromatic rings. The van der Waals surface area contributed by atoms with Crippen LogP contribution in [0.5, 0.6) is 0 Å². The molecule has 6 N–H and O–H groups in total. The van der Waals surface area contributed by atoms with Crippen LogP contribution in [0.25, 0.3) is 11.2 Å². The van der Waals surface area contributed by atoms with Crippen LogP contribution in [-0.4, -0.2) is 65.5 Å². The SMILES string of the molecule is Nc1nc(F)nc2c1ncn2[C@@H]1O[C@H](CSCC[C@H](N)C(=O)O)C[C@H]1O. The normalized spacial score (nSPS) is 24.2. The number of nitrogens with zero attached hydrogens (tertiary/aromatic N) is 4. The highest BCUT2D eigenvalue weighted by Crippen LogP contribution is 2.33. The van der Waals surface area contributed by atoms with Gasteiger partial charge in [0, 0.05) is 12.2 Å². The summed E-state index contributed by atoms with van der Waals surface area (Å²) in [6.45, 7) is 0. The lowest BCUT2D eigenvalue weighted by Crippen LogP contribution is -2.30. The van der Waals surface area contributed by atoms with Gasteiger partial charge in [0.05, 0.1) is 12.4 Å². The molecule has 1 saturated heterocycles. The lowest BCUT2D eigenvalue weighted by Gasteiger charge is -2.17. The molecule has 0 amide bonds. The standard InChI is InChI=1S/C14H19FN6O4S/c15-14-19-10(17)9-11(20-14)21(5-18-9)12-8(22)3-6(25-12)4-26-2-1-7(16)13(23)24/h5-8,12,22H,1-4,16H2,(H,23,24)(H2,17,19,20)/t6-,7-,8+,12+/m0/s1. The van der Waals surface area contributed by atoms with Crippen molar-refractivity contribution in [3.63, 3.8) is 0 Å². The van der Waals surface area contributed by atoms with Crippen LogP contribution in [0.15, 0.2) is 6.33 Å². The molecular weight excluding hydrogens is 367 g/mol. The number of halogens is 1. The van der Waals surface area contributed by atoms with Crippen molar-refractivity contribution < 1.29 is 24.1 Å². The topological polar surface area (TPSA) is 162 Å². The number of fused-ring (bicyclic) bond motifs is 1. The van der Waals surface area contributed by atoms with Gasteiger partial charge in [-0.3, -0.25) is 9.36 Å². The van der Waals surface area contributed by atoms with Crippen LogP contribution in [0, 0.1) is 6.08 Å². The van der Waals surface area contributed by atoms with E-state index in [1.807, 2.05) is 0 Å². The molecular formula is C14H19FN6O4S. The van der Waals surface area contributed by atoms with Gasteiger partial charge in [0.1, 0.15) is 12.1 Å². The van der Waals surface area contributed by atoms with Crippen LogP contribution in [0.1, 0.15) is 19.1 Å². The van der Waals surface area contributed by atoms with Crippen molar-refractivity contribution in [2.75, 3.05) is 17.2 Å². The zero-order valence-electron chi connectivity index (χ0n) is 13.7. The molecule has 1 fully saturated rings. The second-order valence-corrected chi connectivity index (χ2v) is 7.11. The predicted octanol–water partition coefficient (Wildman–Crippen LogP) is -0.269. The first-order valence-electron chi connectivity index (χ1n) is 7.92. The molecule has 2 aromatic heterocycles. The number of hydrogen-bond donors (Lipinski definition) is 4. The van der Waals surface area contributed by atoms with Gasteiger partial charge in [-0.15, -0.1) is 0 Å². The Morgan fingerprint density at radius 1 is 1.54 bits per heavy atom. The molecule has 1 aliphatic heterocycles. The summed E-state index contributed by atoms with van der Waals surface area (Å²) in [5.41, 5.74) is 11.5. The fourth-order valence-corrected chi connectivity index (χ4v) is 3.80. The zero-order valence-corrected chi connectivity index (χ0v) is 14.5. The molecule has 26 heavy (non-hydrogen) atoms. The highest BCUT2D eigenvalue weighted by atomic mass is 32.2. The van der Waals surface area contributed by atoms with Crippen LogP contribution in [-0.2, 0) is 9.53 Å². The van der Waals surface area contributed by atoms with Gasteiger partial charge in [-0.2, -0.15) is 26.1 Å². The largest absolute Gasteiger partial charge is 0.480 e. The molecule has 1 aliphatic rings. The number of imidazole rings is 1. The van der Waals surface area contributed by atoms with Crippen molar-refractivity contribution in [1.82, 2.24) is 19.5 Å². The number of anilines is 1. The van der Waals surface area contributed by atoms with E-state index in [9.17, 15) is 14.3 Å². The van der Waals surface area contributed by atoms with Gasteiger partial charge in [0.15, 0.2) is 23.2 Å². The maximum absolute atomic E-state index is 13.4. The van der Waals surface area contributed by atoms with Crippen LogP contribution in [0.4, 0.5) is 10.2 Å². The highest BCUT2D eigenvalue weighted by molar-refractivity contribution is 7.99. The Bertz CT molecular complexity index is 805. The van der Waals surface area contributed by atoms with Gasteiger partial charge in [0.25, 0.3) is 0 Å². The number of nitrogens with two attached hydrogens (primary N) is 2. The summed E-state index contributed by atoms with van der Waals surface area (Å²) in [4.78, 5) is 21.8. The van der Waals surface area contributed by atoms with Gasteiger partial charge < -0.3 is 26.4 Å². The molecule has 0 unspecified atom stereocenters. The van der Waals surface area contributed by atoms with Crippen molar-refractivity contribution in [2.24, 2.45) is 5.73 Å². The summed E-state index contributed by atoms with van der Waals surface area (Å²) in [5, 5.41) is 19.0. The van der Waals surface area contributed by atoms with Gasteiger partial charge in [-0.05, 0) is 12.2 Å². The molecule has 0 radical (unpaired) electrons. The Morgan fingerprint density at radius 3 is 3.04 bits per heavy atom. The highest BCUT2D eigenvalue weighted by Gasteiger charge is 2.36. The van der Waals surface area contributed by atoms with Gasteiger partial charge in [0.2, 0.25) is 0 Å². The summed E-state index contributed by atoms with van der Waals surface area (Å²) < 4.78 is 20.7. The fourth-order valence-electron chi connectivity index (χ4n) is 2.73. The maximum Gasteiger partial charge on any atom is 0.320 e. The third kappa shape index (κ3) is 3.87. The van der Waals surface area contributed by atoms with E-state index in [-0.39, 0.29) is 23.1 Å². The Labute approximate surface area is 151 Å². The lowest BCUT2D eigenvalue weighted by molar-refractivity contribution is -0.138. The molecule has 142 valence electrons. The quantitative estimate of drug-likeness (QED) is 0.368. The molecule has 10 nitrogen and oxygen atoms in total. The van der Waals surface area contributed by atoms with E-state index in [1.165, 1.54) is 22.7 Å². The minimum absolute atomic E-state index is 0.0828. The molecule has 0 bridgehead atoms. The fraction of sp³-hybridized carbons (Fsp3) is 0.571. The molecule has 4 atom stereocenters. The number of ether oxygens (including phenoxy) is 1. The van der Waals surface area contributed by atoms with E-state index in [0.29, 0.717) is 24.3 Å². The van der Waals surface area contributed by atoms with Crippen molar-refractivity contribution >= 4 is 34.7 Å². The number of hydrogen-bond acceptors (Lipinski definition) is 9. The lowest BCUT2D eigenvalue weighted by atomic mass is 10.2. The summed E-state index contributed by atoms with van der Waals surface area (Å²) >= 11 is 1.50. The summed E-state index contributed by atoms with van der Waals surface area (Å²) in [7, 11) is 0. The second-order valence-electron chi connectivity index (χ2n) is 5.96. The monoisotopic (exact) mass is 386 g/mol. The van der Waals surface area contributed by atoms with Gasteiger partial charge in [-0.25, -0.2) is 4.98 Å². The molecule has 0 saturated carbocycles. The predicted molar refractivity (Wildman–Crippen MR) is 91.8 cm³/mol. The number of thioether (sulfide) groups is 1. The number of carboxylic acid groups (broad SMARTS) is 1. The number of carbonyl (C=O) groups is 1. The Morgan fingerprint density at radius 2 is 2.31 bits per heavy atom. The average Bonchev–Trinajstić information content (AvgIpc) is 3.14. The summed E-state index contributed by atoms with van der Waals surface area (Å²) in [5.74, 6) is 0.0222. The van der Waals surface area contributed by atoms with Gasteiger partial charge >= 0.3 is 12.0 Å². The van der Waals surface area contributed by atoms with Gasteiger partial charge in [-0.1, -0.05) is 0 Å². The minimum atomic E-state index is -1.03. The van der Waals surface area contributed by atoms with Crippen LogP contribution in [0.3, 0.4) is 0 Å². The number of rotatable bonds is 7. The van der Waals surface area contributed by atoms with E-state index in [0.717, 1.165) is 0 Å². The smallest absolute Gasteiger partial charge is 0.320 e. The van der Waals surface area contributed by atoms with Crippen molar-refractivity contribution in [3.05, 3.63) is 12.4 Å². The van der Waals surface area contributed by atoms with E-state index in [1.54, 1.807) is 0 Å². The Kier molecular flexibility index (Phi) is 5.55. The number of aliphatic hydroxyl groups excluding tert-OH is 1. The molecule has 0 aromatic carbocycles. The molecule has 0 aliphatic carbocycles. The summed E-state index contributed by atoms with van der Waals surface area (Å²) in [6.07, 6.45) is -0.705. The first kappa shape index (κ1) is 18.8. The van der Waals surface area contributed by atoms with E-state index in [4.69, 9.17) is 21.3 Å². The third-order valence-corrected chi connectivity index (χ3v) is 5.19. The second kappa shape index (κ2) is 7.70. The first-order chi connectivity index (χ1) is 12.4. The molecule has 3 rings (SSSR count). The Hall–Kier alpha value is -2.02. The minimum Gasteiger partial charge on any atom is -0.480 e. The van der Waals surface area contributed by atoms with E-state index < -0.39 is 30.4 Å². The third-order valence-electron chi connectivity index (χ3n) is 4.05. The van der Waals surface area contributed by atoms with Crippen molar-refractivity contribution in [1.29, 1.82) is 0 Å². The van der Waals surface area contributed by atoms with Crippen molar-refractivity contribution in [3.8, 4) is 0 Å². The number of nitrogen functional groups attached to an aromatic ring is 1. The van der Waals surface area contributed by atoms with E-state index >= 15 is 0 Å². The zero-order chi connectivity index (χ0) is 18.8. The average molecular weight is 386 g/mol.